The molecule has 3 saturated heterocycles. The second kappa shape index (κ2) is 15.0. The lowest BCUT2D eigenvalue weighted by Gasteiger charge is -2.42. The van der Waals surface area contributed by atoms with Gasteiger partial charge in [0.1, 0.15) is 12.0 Å². The molecule has 0 radical (unpaired) electrons. The maximum atomic E-state index is 13.1. The van der Waals surface area contributed by atoms with Gasteiger partial charge in [-0.1, -0.05) is 30.0 Å². The number of fused-ring (bicyclic) bond motifs is 3. The Labute approximate surface area is 318 Å². The number of aromatic nitrogens is 6. The van der Waals surface area contributed by atoms with Crippen molar-refractivity contribution in [1.82, 2.24) is 39.5 Å². The van der Waals surface area contributed by atoms with E-state index in [0.29, 0.717) is 36.0 Å². The molecule has 4 unspecified atom stereocenters. The number of anilines is 3. The Bertz CT molecular complexity index is 2330. The van der Waals surface area contributed by atoms with Crippen LogP contribution in [-0.4, -0.2) is 102 Å². The number of para-hydroxylation sites is 1. The number of benzene rings is 2. The number of aryl methyl sites for hydroxylation is 2. The number of amides is 1. The molecule has 3 aromatic heterocycles. The molecule has 0 aliphatic carbocycles. The highest BCUT2D eigenvalue weighted by Crippen LogP contribution is 2.38. The van der Waals surface area contributed by atoms with Crippen LogP contribution in [0.15, 0.2) is 65.7 Å². The number of aliphatic hydroxyl groups excluding tert-OH is 1. The molecule has 55 heavy (non-hydrogen) atoms. The van der Waals surface area contributed by atoms with Crippen molar-refractivity contribution in [1.29, 1.82) is 0 Å². The van der Waals surface area contributed by atoms with E-state index in [1.54, 1.807) is 40.7 Å². The first kappa shape index (κ1) is 36.0. The molecule has 15 heteroatoms. The fraction of sp³-hybridized carbons (Fsp3) is 0.400. The van der Waals surface area contributed by atoms with Crippen LogP contribution in [0, 0.1) is 11.8 Å². The Hall–Kier alpha value is -5.98. The van der Waals surface area contributed by atoms with Gasteiger partial charge in [-0.3, -0.25) is 18.8 Å². The Morgan fingerprint density at radius 3 is 2.51 bits per heavy atom. The van der Waals surface area contributed by atoms with Gasteiger partial charge in [-0.2, -0.15) is 0 Å². The largest absolute Gasteiger partial charge is 0.507 e. The number of carbonyl (C=O) groups is 1. The van der Waals surface area contributed by atoms with Crippen LogP contribution in [0.5, 0.6) is 5.75 Å². The topological polar surface area (TPSA) is 184 Å². The molecule has 0 spiro atoms. The number of piperazine rings is 1. The van der Waals surface area contributed by atoms with Crippen LogP contribution in [0.2, 0.25) is 0 Å². The molecule has 6 heterocycles. The van der Waals surface area contributed by atoms with Crippen LogP contribution in [0.4, 0.5) is 17.5 Å². The van der Waals surface area contributed by atoms with Gasteiger partial charge in [0.2, 0.25) is 11.9 Å². The second-order valence-electron chi connectivity index (χ2n) is 14.8. The molecular weight excluding hydrogens is 699 g/mol. The fourth-order valence-electron chi connectivity index (χ4n) is 8.25. The summed E-state index contributed by atoms with van der Waals surface area (Å²) in [5.74, 6) is 7.49. The number of nitrogens with zero attached hydrogens (tertiary/aromatic N) is 9. The third-order valence-electron chi connectivity index (χ3n) is 11.1. The van der Waals surface area contributed by atoms with Gasteiger partial charge in [0.15, 0.2) is 5.82 Å². The van der Waals surface area contributed by atoms with Gasteiger partial charge in [-0.15, -0.1) is 10.2 Å². The lowest BCUT2D eigenvalue weighted by atomic mass is 10.0. The minimum Gasteiger partial charge on any atom is -0.507 e. The monoisotopic (exact) mass is 743 g/mol. The van der Waals surface area contributed by atoms with Crippen LogP contribution in [-0.2, 0) is 18.3 Å². The highest BCUT2D eigenvalue weighted by Gasteiger charge is 2.42. The van der Waals surface area contributed by atoms with Crippen molar-refractivity contribution in [3.8, 4) is 28.8 Å². The summed E-state index contributed by atoms with van der Waals surface area (Å²) >= 11 is 0. The molecular formula is C40H45N11O4. The number of nitrogen functional groups attached to an aromatic ring is 1. The van der Waals surface area contributed by atoms with Gasteiger partial charge in [-0.25, -0.2) is 14.8 Å². The zero-order valence-corrected chi connectivity index (χ0v) is 31.0. The molecule has 3 aliphatic heterocycles. The quantitative estimate of drug-likeness (QED) is 0.162. The number of hydrogen-bond donors (Lipinski definition) is 4. The van der Waals surface area contributed by atoms with Crippen LogP contribution >= 0.6 is 0 Å². The van der Waals surface area contributed by atoms with Crippen LogP contribution in [0.1, 0.15) is 49.3 Å². The fourth-order valence-corrected chi connectivity index (χ4v) is 8.25. The van der Waals surface area contributed by atoms with Crippen molar-refractivity contribution >= 4 is 34.4 Å². The SMILES string of the molecule is CN(CC#Cc1cnc(N2C3CCC2CN(c2cc(-c4ccccc4O)nnc2N)C3)nc1)CCCc1ccc2c(c1)n(C)c(=O)n2C1CCC(=O)NC1O. The summed E-state index contributed by atoms with van der Waals surface area (Å²) in [7, 11) is 3.79. The predicted octanol–water partition coefficient (Wildman–Crippen LogP) is 2.42. The summed E-state index contributed by atoms with van der Waals surface area (Å²) in [5.41, 5.74) is 11.6. The summed E-state index contributed by atoms with van der Waals surface area (Å²) < 4.78 is 3.21. The van der Waals surface area contributed by atoms with Gasteiger partial charge in [0.05, 0.1) is 40.6 Å². The minimum absolute atomic E-state index is 0.151. The summed E-state index contributed by atoms with van der Waals surface area (Å²) in [4.78, 5) is 41.0. The molecule has 5 aromatic rings. The van der Waals surface area contributed by atoms with E-state index < -0.39 is 12.3 Å². The number of rotatable bonds is 9. The summed E-state index contributed by atoms with van der Waals surface area (Å²) in [5, 5.41) is 31.8. The van der Waals surface area contributed by atoms with Crippen molar-refractivity contribution in [3.05, 3.63) is 82.5 Å². The van der Waals surface area contributed by atoms with E-state index in [2.05, 4.69) is 42.1 Å². The number of phenols is 1. The lowest BCUT2D eigenvalue weighted by molar-refractivity contribution is -0.128. The normalized spacial score (nSPS) is 20.8. The summed E-state index contributed by atoms with van der Waals surface area (Å²) in [6.45, 7) is 2.95. The van der Waals surface area contributed by atoms with E-state index in [4.69, 9.17) is 15.7 Å². The maximum Gasteiger partial charge on any atom is 0.329 e. The van der Waals surface area contributed by atoms with E-state index in [-0.39, 0.29) is 35.9 Å². The Morgan fingerprint density at radius 2 is 1.76 bits per heavy atom. The third-order valence-corrected chi connectivity index (χ3v) is 11.1. The number of aliphatic hydroxyl groups is 1. The number of aromatic hydroxyl groups is 1. The number of nitrogens with two attached hydrogens (primary N) is 1. The molecule has 0 saturated carbocycles. The maximum absolute atomic E-state index is 13.1. The smallest absolute Gasteiger partial charge is 0.329 e. The molecule has 2 bridgehead atoms. The number of hydrogen-bond acceptors (Lipinski definition) is 12. The van der Waals surface area contributed by atoms with E-state index in [1.165, 1.54) is 0 Å². The average Bonchev–Trinajstić information content (AvgIpc) is 3.58. The second-order valence-corrected chi connectivity index (χ2v) is 14.8. The van der Waals surface area contributed by atoms with Crippen LogP contribution < -0.4 is 26.5 Å². The van der Waals surface area contributed by atoms with E-state index >= 15 is 0 Å². The molecule has 5 N–H and O–H groups in total. The van der Waals surface area contributed by atoms with Gasteiger partial charge < -0.3 is 31.1 Å². The molecule has 4 atom stereocenters. The van der Waals surface area contributed by atoms with Gasteiger partial charge in [0, 0.05) is 56.6 Å². The standard InChI is InChI=1S/C40H45N11O4/c1-47(17-5-7-25-11-14-31-33(19-25)48(2)40(55)51(31)32-15-16-36(53)44-38(32)54)18-6-8-26-21-42-39(43-22-26)50-27-12-13-28(50)24-49(23-27)34-20-30(45-46-37(34)41)29-9-3-4-10-35(29)52/h3-4,9-11,14,19-22,27-28,32,38,52,54H,5,7,12-13,15-18,23-24H2,1-2H3,(H2,41,46)(H,44,53). The molecule has 3 aliphatic rings. The number of nitrogens with one attached hydrogen (secondary N) is 1. The molecule has 3 fully saturated rings. The molecule has 284 valence electrons. The minimum atomic E-state index is -1.09. The first-order chi connectivity index (χ1) is 26.6. The Balaban J connectivity index is 0.840. The molecule has 15 nitrogen and oxygen atoms in total. The van der Waals surface area contributed by atoms with Crippen molar-refractivity contribution in [2.75, 3.05) is 48.8 Å². The van der Waals surface area contributed by atoms with Crippen LogP contribution in [0.3, 0.4) is 0 Å². The highest BCUT2D eigenvalue weighted by molar-refractivity contribution is 5.79. The number of phenolic OH excluding ortho intramolecular Hbond substituents is 1. The number of imidazole rings is 1. The zero-order valence-electron chi connectivity index (χ0n) is 31.0. The van der Waals surface area contributed by atoms with E-state index in [1.807, 2.05) is 43.4 Å². The van der Waals surface area contributed by atoms with Gasteiger partial charge in [0.25, 0.3) is 0 Å². The van der Waals surface area contributed by atoms with E-state index in [0.717, 1.165) is 73.2 Å². The van der Waals surface area contributed by atoms with Crippen molar-refractivity contribution in [2.45, 2.75) is 62.9 Å². The lowest BCUT2D eigenvalue weighted by Crippen LogP contribution is -2.54. The molecule has 1 amide bonds. The summed E-state index contributed by atoms with van der Waals surface area (Å²) in [6, 6.07) is 15.0. The zero-order chi connectivity index (χ0) is 38.2. The van der Waals surface area contributed by atoms with Crippen LogP contribution in [0.25, 0.3) is 22.3 Å². The number of carbonyl (C=O) groups excluding carboxylic acids is 1. The molecule has 8 rings (SSSR count). The van der Waals surface area contributed by atoms with Crippen molar-refractivity contribution in [2.24, 2.45) is 7.05 Å². The van der Waals surface area contributed by atoms with E-state index in [9.17, 15) is 19.8 Å². The predicted molar refractivity (Wildman–Crippen MR) is 209 cm³/mol. The Kier molecular flexibility index (Phi) is 9.85. The van der Waals surface area contributed by atoms with Gasteiger partial charge in [-0.05, 0) is 81.6 Å². The third kappa shape index (κ3) is 7.18. The first-order valence-electron chi connectivity index (χ1n) is 18.8. The average molecular weight is 744 g/mol. The highest BCUT2D eigenvalue weighted by atomic mass is 16.3. The number of piperidine rings is 1. The summed E-state index contributed by atoms with van der Waals surface area (Å²) in [6.07, 6.45) is 7.00. The van der Waals surface area contributed by atoms with Crippen molar-refractivity contribution < 1.29 is 15.0 Å². The van der Waals surface area contributed by atoms with Gasteiger partial charge >= 0.3 is 5.69 Å². The first-order valence-corrected chi connectivity index (χ1v) is 18.8. The molecule has 2 aromatic carbocycles. The van der Waals surface area contributed by atoms with Crippen molar-refractivity contribution in [3.63, 3.8) is 0 Å². The Morgan fingerprint density at radius 1 is 1.00 bits per heavy atom.